The highest BCUT2D eigenvalue weighted by atomic mass is 16.6. The van der Waals surface area contributed by atoms with E-state index in [-0.39, 0.29) is 25.2 Å². The number of unbranched alkanes of at least 4 members (excludes halogenated alkanes) is 22. The molecule has 5 nitrogen and oxygen atoms in total. The lowest BCUT2D eigenvalue weighted by Crippen LogP contribution is -2.28. The minimum Gasteiger partial charge on any atom is -0.462 e. The number of rotatable bonds is 52. The van der Waals surface area contributed by atoms with E-state index in [0.29, 0.717) is 12.8 Å². The van der Waals surface area contributed by atoms with E-state index >= 15 is 0 Å². The maximum absolute atomic E-state index is 12.3. The Balaban J connectivity index is 3.62. The molecule has 0 saturated heterocycles. The number of esters is 2. The summed E-state index contributed by atoms with van der Waals surface area (Å²) in [5.74, 6) is -0.604. The molecule has 0 saturated carbocycles. The van der Waals surface area contributed by atoms with Crippen LogP contribution in [0.25, 0.3) is 0 Å². The maximum Gasteiger partial charge on any atom is 0.306 e. The summed E-state index contributed by atoms with van der Waals surface area (Å²) < 4.78 is 10.7. The summed E-state index contributed by atoms with van der Waals surface area (Å²) in [5.41, 5.74) is 0. The molecule has 0 fully saturated rings. The monoisotopic (exact) mass is 981 g/mol. The van der Waals surface area contributed by atoms with Crippen LogP contribution < -0.4 is 0 Å². The molecule has 0 aliphatic heterocycles. The molecule has 0 bridgehead atoms. The normalized spacial score (nSPS) is 13.2. The van der Waals surface area contributed by atoms with Crippen LogP contribution in [0.3, 0.4) is 0 Å². The summed E-state index contributed by atoms with van der Waals surface area (Å²) in [6, 6.07) is 0. The number of hydrogen-bond acceptors (Lipinski definition) is 5. The second-order valence-electron chi connectivity index (χ2n) is 19.0. The first-order valence-electron chi connectivity index (χ1n) is 29.2. The Morgan fingerprint density at radius 2 is 0.606 bits per heavy atom. The molecule has 0 aromatic heterocycles. The fourth-order valence-electron chi connectivity index (χ4n) is 7.85. The molecule has 1 unspecified atom stereocenters. The van der Waals surface area contributed by atoms with Gasteiger partial charge in [-0.3, -0.25) is 9.59 Å². The zero-order valence-corrected chi connectivity index (χ0v) is 45.9. The predicted molar refractivity (Wildman–Crippen MR) is 311 cm³/mol. The van der Waals surface area contributed by atoms with Crippen LogP contribution in [0.1, 0.15) is 251 Å². The standard InChI is InChI=1S/C66H108O5/c1-3-5-7-9-11-13-15-17-19-21-22-23-24-25-26-27-28-29-30-31-32-33-34-35-36-37-38-39-40-41-42-43-44-45-47-49-51-53-55-57-59-61-66(69)71-64(62-67)63-70-65(68)60-58-56-54-52-50-48-46-20-18-16-14-12-10-8-6-4-2/h5,7,11,13,17,19,22-23,25-26,28-29,31-32,34-35,37-38,40-41,43-44,64,67H,3-4,6,8-10,12,14-16,18,20-21,24,27,30,33,36,39,42,45-63H2,1-2H3/b7-5-,13-11-,19-17-,23-22-,26-25-,29-28-,32-31-,35-34-,38-37-,41-40-,44-43-. The summed E-state index contributed by atoms with van der Waals surface area (Å²) in [5, 5.41) is 9.64. The van der Waals surface area contributed by atoms with Crippen LogP contribution in [0.4, 0.5) is 0 Å². The molecular weight excluding hydrogens is 873 g/mol. The number of hydrogen-bond donors (Lipinski definition) is 1. The molecule has 0 aromatic rings. The Labute approximate surface area is 438 Å². The first-order chi connectivity index (χ1) is 35.1. The summed E-state index contributed by atoms with van der Waals surface area (Å²) in [6.45, 7) is 4.02. The molecule has 0 amide bonds. The maximum atomic E-state index is 12.3. The van der Waals surface area contributed by atoms with Gasteiger partial charge in [-0.25, -0.2) is 0 Å². The third kappa shape index (κ3) is 58.5. The van der Waals surface area contributed by atoms with E-state index in [1.807, 2.05) is 0 Å². The average Bonchev–Trinajstić information content (AvgIpc) is 3.37. The van der Waals surface area contributed by atoms with Crippen molar-refractivity contribution < 1.29 is 24.2 Å². The number of aliphatic hydroxyl groups excluding tert-OH is 1. The van der Waals surface area contributed by atoms with Gasteiger partial charge in [-0.1, -0.05) is 276 Å². The van der Waals surface area contributed by atoms with E-state index in [0.717, 1.165) is 116 Å². The lowest BCUT2D eigenvalue weighted by molar-refractivity contribution is -0.161. The van der Waals surface area contributed by atoms with E-state index in [4.69, 9.17) is 9.47 Å². The molecule has 5 heteroatoms. The number of allylic oxidation sites excluding steroid dienone is 22. The Morgan fingerprint density at radius 1 is 0.338 bits per heavy atom. The van der Waals surface area contributed by atoms with Gasteiger partial charge in [-0.2, -0.15) is 0 Å². The van der Waals surface area contributed by atoms with Crippen LogP contribution >= 0.6 is 0 Å². The molecule has 1 atom stereocenters. The van der Waals surface area contributed by atoms with Crippen LogP contribution in [0.15, 0.2) is 134 Å². The van der Waals surface area contributed by atoms with Crippen molar-refractivity contribution in [1.29, 1.82) is 0 Å². The zero-order valence-electron chi connectivity index (χ0n) is 45.9. The number of ether oxygens (including phenoxy) is 2. The van der Waals surface area contributed by atoms with Gasteiger partial charge in [-0.15, -0.1) is 0 Å². The summed E-state index contributed by atoms with van der Waals surface area (Å²) in [4.78, 5) is 24.5. The Bertz CT molecular complexity index is 1480. The topological polar surface area (TPSA) is 72.8 Å². The molecule has 0 aliphatic carbocycles. The molecule has 0 spiro atoms. The molecule has 402 valence electrons. The highest BCUT2D eigenvalue weighted by Crippen LogP contribution is 2.15. The Morgan fingerprint density at radius 3 is 0.915 bits per heavy atom. The van der Waals surface area contributed by atoms with E-state index in [2.05, 4.69) is 148 Å². The van der Waals surface area contributed by atoms with Crippen molar-refractivity contribution in [3.63, 3.8) is 0 Å². The molecule has 0 heterocycles. The summed E-state index contributed by atoms with van der Waals surface area (Å²) in [7, 11) is 0. The minimum absolute atomic E-state index is 0.0742. The van der Waals surface area contributed by atoms with Gasteiger partial charge in [0.1, 0.15) is 6.61 Å². The zero-order chi connectivity index (χ0) is 51.3. The minimum atomic E-state index is -0.784. The van der Waals surface area contributed by atoms with Crippen LogP contribution in [0, 0.1) is 0 Å². The van der Waals surface area contributed by atoms with E-state index in [9.17, 15) is 14.7 Å². The highest BCUT2D eigenvalue weighted by molar-refractivity contribution is 5.70. The lowest BCUT2D eigenvalue weighted by atomic mass is 10.0. The smallest absolute Gasteiger partial charge is 0.306 e. The van der Waals surface area contributed by atoms with Gasteiger partial charge in [-0.05, 0) is 96.3 Å². The molecule has 1 N–H and O–H groups in total. The van der Waals surface area contributed by atoms with Crippen molar-refractivity contribution >= 4 is 11.9 Å². The molecule has 0 rings (SSSR count). The summed E-state index contributed by atoms with van der Waals surface area (Å²) >= 11 is 0. The average molecular weight is 982 g/mol. The van der Waals surface area contributed by atoms with Gasteiger partial charge in [0.2, 0.25) is 0 Å². The van der Waals surface area contributed by atoms with Crippen molar-refractivity contribution in [3.8, 4) is 0 Å². The molecular formula is C66H108O5. The highest BCUT2D eigenvalue weighted by Gasteiger charge is 2.16. The first-order valence-corrected chi connectivity index (χ1v) is 29.2. The Kier molecular flexibility index (Phi) is 57.0. The quantitative estimate of drug-likeness (QED) is 0.0373. The van der Waals surface area contributed by atoms with Crippen LogP contribution in [-0.2, 0) is 19.1 Å². The number of carbonyl (C=O) groups excluding carboxylic acids is 2. The third-order valence-electron chi connectivity index (χ3n) is 12.2. The summed E-state index contributed by atoms with van der Waals surface area (Å²) in [6.07, 6.45) is 89.9. The van der Waals surface area contributed by atoms with Gasteiger partial charge < -0.3 is 14.6 Å². The van der Waals surface area contributed by atoms with Crippen LogP contribution in [0.2, 0.25) is 0 Å². The number of aliphatic hydroxyl groups is 1. The Hall–Kier alpha value is -3.96. The second-order valence-corrected chi connectivity index (χ2v) is 19.0. The fourth-order valence-corrected chi connectivity index (χ4v) is 7.85. The van der Waals surface area contributed by atoms with Gasteiger partial charge >= 0.3 is 11.9 Å². The van der Waals surface area contributed by atoms with Gasteiger partial charge in [0.25, 0.3) is 0 Å². The van der Waals surface area contributed by atoms with E-state index in [1.165, 1.54) is 109 Å². The predicted octanol–water partition coefficient (Wildman–Crippen LogP) is 20.0. The van der Waals surface area contributed by atoms with E-state index < -0.39 is 6.10 Å². The van der Waals surface area contributed by atoms with Crippen molar-refractivity contribution in [2.24, 2.45) is 0 Å². The largest absolute Gasteiger partial charge is 0.462 e. The molecule has 0 radical (unpaired) electrons. The lowest BCUT2D eigenvalue weighted by Gasteiger charge is -2.15. The van der Waals surface area contributed by atoms with Gasteiger partial charge in [0, 0.05) is 12.8 Å². The van der Waals surface area contributed by atoms with Crippen molar-refractivity contribution in [3.05, 3.63) is 134 Å². The fraction of sp³-hybridized carbons (Fsp3) is 0.636. The second kappa shape index (κ2) is 60.3. The number of carbonyl (C=O) groups is 2. The first kappa shape index (κ1) is 67.0. The molecule has 71 heavy (non-hydrogen) atoms. The van der Waals surface area contributed by atoms with Gasteiger partial charge in [0.05, 0.1) is 6.61 Å². The van der Waals surface area contributed by atoms with Crippen molar-refractivity contribution in [1.82, 2.24) is 0 Å². The van der Waals surface area contributed by atoms with Crippen LogP contribution in [-0.4, -0.2) is 36.4 Å². The third-order valence-corrected chi connectivity index (χ3v) is 12.2. The molecule has 0 aliphatic rings. The van der Waals surface area contributed by atoms with Crippen molar-refractivity contribution in [2.75, 3.05) is 13.2 Å². The van der Waals surface area contributed by atoms with Crippen molar-refractivity contribution in [2.45, 2.75) is 258 Å². The SMILES string of the molecule is CC/C=C\C/C=C\C/C=C\C/C=C\C/C=C\C/C=C\C/C=C\C/C=C\C/C=C\C/C=C\C/C=C\CCCCCCCCCC(=O)OC(CO)COC(=O)CCCCCCCCCCCCCCCCCC. The molecule has 0 aromatic carbocycles. The van der Waals surface area contributed by atoms with E-state index in [1.54, 1.807) is 0 Å². The van der Waals surface area contributed by atoms with Crippen LogP contribution in [0.5, 0.6) is 0 Å². The van der Waals surface area contributed by atoms with Gasteiger partial charge in [0.15, 0.2) is 6.10 Å².